The maximum absolute atomic E-state index is 12.8. The molecule has 34 heavy (non-hydrogen) atoms. The molecule has 0 unspecified atom stereocenters. The van der Waals surface area contributed by atoms with Gasteiger partial charge in [-0.05, 0) is 42.7 Å². The van der Waals surface area contributed by atoms with Gasteiger partial charge in [-0.15, -0.1) is 5.10 Å². The van der Waals surface area contributed by atoms with Gasteiger partial charge in [0.05, 0.1) is 22.7 Å². The summed E-state index contributed by atoms with van der Waals surface area (Å²) in [6.07, 6.45) is 2.23. The van der Waals surface area contributed by atoms with Crippen LogP contribution >= 0.6 is 0 Å². The van der Waals surface area contributed by atoms with Crippen molar-refractivity contribution in [2.75, 3.05) is 4.72 Å². The first-order chi connectivity index (χ1) is 16.6. The first-order valence-electron chi connectivity index (χ1n) is 11.1. The van der Waals surface area contributed by atoms with Crippen LogP contribution in [0.5, 0.6) is 0 Å². The molecule has 5 aromatic rings. The Morgan fingerprint density at radius 2 is 1.71 bits per heavy atom. The number of aromatic nitrogens is 5. The van der Waals surface area contributed by atoms with Crippen molar-refractivity contribution < 1.29 is 8.42 Å². The van der Waals surface area contributed by atoms with Crippen molar-refractivity contribution in [2.45, 2.75) is 30.2 Å². The second kappa shape index (κ2) is 8.11. The van der Waals surface area contributed by atoms with Gasteiger partial charge in [0.2, 0.25) is 0 Å². The average Bonchev–Trinajstić information content (AvgIpc) is 3.51. The Kier molecular flexibility index (Phi) is 4.91. The molecular weight excluding hydrogens is 448 g/mol. The molecule has 2 aromatic heterocycles. The van der Waals surface area contributed by atoms with Gasteiger partial charge in [0.25, 0.3) is 10.0 Å². The fourth-order valence-corrected chi connectivity index (χ4v) is 5.23. The van der Waals surface area contributed by atoms with Crippen LogP contribution in [-0.2, 0) is 16.6 Å². The first-order valence-corrected chi connectivity index (χ1v) is 12.6. The molecule has 0 amide bonds. The van der Waals surface area contributed by atoms with Crippen LogP contribution in [0.15, 0.2) is 83.8 Å². The number of benzene rings is 3. The van der Waals surface area contributed by atoms with Crippen molar-refractivity contribution >= 4 is 26.7 Å². The lowest BCUT2D eigenvalue weighted by Crippen LogP contribution is -2.13. The first kappa shape index (κ1) is 20.6. The standard InChI is InChI=1S/C25H22N6O2S/c32-34(33,20-9-5-2-6-10-20)29-25-21-15-19(13-14-22(21)26-28-25)23-24(18-11-12-18)31(30-27-23)16-17-7-3-1-4-8-17/h1-10,13-15,18H,11-12,16H2,(H2,26,28,29). The zero-order valence-corrected chi connectivity index (χ0v) is 19.0. The van der Waals surface area contributed by atoms with Crippen molar-refractivity contribution in [1.29, 1.82) is 0 Å². The molecule has 2 N–H and O–H groups in total. The van der Waals surface area contributed by atoms with Gasteiger partial charge in [0, 0.05) is 16.9 Å². The maximum atomic E-state index is 12.8. The average molecular weight is 471 g/mol. The van der Waals surface area contributed by atoms with Crippen LogP contribution in [0.2, 0.25) is 0 Å². The molecule has 8 nitrogen and oxygen atoms in total. The lowest BCUT2D eigenvalue weighted by atomic mass is 10.1. The summed E-state index contributed by atoms with van der Waals surface area (Å²) in [6, 6.07) is 24.3. The molecular formula is C25H22N6O2S. The number of aromatic amines is 1. The summed E-state index contributed by atoms with van der Waals surface area (Å²) < 4.78 is 30.3. The Balaban J connectivity index is 1.38. The molecule has 6 rings (SSSR count). The lowest BCUT2D eigenvalue weighted by molar-refractivity contribution is 0.601. The molecule has 1 aliphatic rings. The quantitative estimate of drug-likeness (QED) is 0.363. The van der Waals surface area contributed by atoms with Gasteiger partial charge in [-0.2, -0.15) is 5.10 Å². The summed E-state index contributed by atoms with van der Waals surface area (Å²) in [4.78, 5) is 0.183. The van der Waals surface area contributed by atoms with Crippen molar-refractivity contribution in [3.05, 3.63) is 90.1 Å². The van der Waals surface area contributed by atoms with Crippen molar-refractivity contribution in [3.8, 4) is 11.3 Å². The Labute approximate surface area is 196 Å². The second-order valence-electron chi connectivity index (χ2n) is 8.49. The fraction of sp³-hybridized carbons (Fsp3) is 0.160. The molecule has 1 aliphatic carbocycles. The van der Waals surface area contributed by atoms with Gasteiger partial charge in [-0.1, -0.05) is 59.8 Å². The van der Waals surface area contributed by atoms with Crippen LogP contribution in [0.4, 0.5) is 5.82 Å². The predicted octanol–water partition coefficient (Wildman–Crippen LogP) is 4.55. The molecule has 0 spiro atoms. The molecule has 2 heterocycles. The van der Waals surface area contributed by atoms with Gasteiger partial charge in [0.15, 0.2) is 5.82 Å². The highest BCUT2D eigenvalue weighted by molar-refractivity contribution is 7.92. The van der Waals surface area contributed by atoms with Crippen molar-refractivity contribution in [3.63, 3.8) is 0 Å². The molecule has 0 atom stereocenters. The number of hydrogen-bond acceptors (Lipinski definition) is 5. The third kappa shape index (κ3) is 3.84. The predicted molar refractivity (Wildman–Crippen MR) is 130 cm³/mol. The molecule has 1 saturated carbocycles. The van der Waals surface area contributed by atoms with E-state index >= 15 is 0 Å². The van der Waals surface area contributed by atoms with E-state index < -0.39 is 10.0 Å². The minimum atomic E-state index is -3.76. The summed E-state index contributed by atoms with van der Waals surface area (Å²) in [5.74, 6) is 0.690. The number of rotatable bonds is 7. The molecule has 0 aliphatic heterocycles. The van der Waals surface area contributed by atoms with E-state index in [0.717, 1.165) is 35.3 Å². The summed E-state index contributed by atoms with van der Waals surface area (Å²) >= 11 is 0. The summed E-state index contributed by atoms with van der Waals surface area (Å²) in [5.41, 5.74) is 4.75. The molecule has 3 aromatic carbocycles. The topological polar surface area (TPSA) is 106 Å². The van der Waals surface area contributed by atoms with Crippen molar-refractivity contribution in [1.82, 2.24) is 25.2 Å². The summed E-state index contributed by atoms with van der Waals surface area (Å²) in [6.45, 7) is 0.662. The molecule has 0 radical (unpaired) electrons. The number of sulfonamides is 1. The van der Waals surface area contributed by atoms with Crippen LogP contribution in [0.25, 0.3) is 22.2 Å². The monoisotopic (exact) mass is 470 g/mol. The van der Waals surface area contributed by atoms with Gasteiger partial charge in [-0.25, -0.2) is 13.1 Å². The van der Waals surface area contributed by atoms with Crippen LogP contribution in [0.3, 0.4) is 0 Å². The largest absolute Gasteiger partial charge is 0.276 e. The van der Waals surface area contributed by atoms with E-state index in [1.807, 2.05) is 41.1 Å². The summed E-state index contributed by atoms with van der Waals surface area (Å²) in [5, 5.41) is 16.8. The minimum Gasteiger partial charge on any atom is -0.276 e. The molecule has 170 valence electrons. The highest BCUT2D eigenvalue weighted by Crippen LogP contribution is 2.44. The number of nitrogens with zero attached hydrogens (tertiary/aromatic N) is 4. The second-order valence-corrected chi connectivity index (χ2v) is 10.2. The van der Waals surface area contributed by atoms with E-state index in [2.05, 4.69) is 37.4 Å². The normalized spacial score (nSPS) is 13.9. The van der Waals surface area contributed by atoms with E-state index in [1.54, 1.807) is 30.3 Å². The smallest absolute Gasteiger partial charge is 0.263 e. The van der Waals surface area contributed by atoms with E-state index in [9.17, 15) is 8.42 Å². The van der Waals surface area contributed by atoms with Crippen LogP contribution < -0.4 is 4.72 Å². The third-order valence-corrected chi connectivity index (χ3v) is 7.39. The van der Waals surface area contributed by atoms with E-state index in [4.69, 9.17) is 0 Å². The van der Waals surface area contributed by atoms with E-state index in [1.165, 1.54) is 5.56 Å². The molecule has 9 heteroatoms. The molecule has 0 bridgehead atoms. The Hall–Kier alpha value is -3.98. The Morgan fingerprint density at radius 3 is 2.44 bits per heavy atom. The highest BCUT2D eigenvalue weighted by Gasteiger charge is 2.32. The minimum absolute atomic E-state index is 0.183. The summed E-state index contributed by atoms with van der Waals surface area (Å²) in [7, 11) is -3.76. The van der Waals surface area contributed by atoms with Gasteiger partial charge >= 0.3 is 0 Å². The van der Waals surface area contributed by atoms with Crippen LogP contribution in [-0.4, -0.2) is 33.6 Å². The Morgan fingerprint density at radius 1 is 0.971 bits per heavy atom. The number of fused-ring (bicyclic) bond motifs is 1. The lowest BCUT2D eigenvalue weighted by Gasteiger charge is -2.08. The fourth-order valence-electron chi connectivity index (χ4n) is 4.18. The van der Waals surface area contributed by atoms with Gasteiger partial charge < -0.3 is 0 Å². The number of nitrogens with one attached hydrogen (secondary N) is 2. The molecule has 0 saturated heterocycles. The third-order valence-electron chi connectivity index (χ3n) is 6.03. The van der Waals surface area contributed by atoms with E-state index in [0.29, 0.717) is 17.8 Å². The van der Waals surface area contributed by atoms with Crippen LogP contribution in [0.1, 0.15) is 30.0 Å². The van der Waals surface area contributed by atoms with E-state index in [-0.39, 0.29) is 10.7 Å². The number of hydrogen-bond donors (Lipinski definition) is 2. The van der Waals surface area contributed by atoms with Crippen LogP contribution in [0, 0.1) is 0 Å². The SMILES string of the molecule is O=S(=O)(Nc1n[nH]c2ccc(-c3nnn(Cc4ccccc4)c3C3CC3)cc12)c1ccccc1. The molecule has 1 fully saturated rings. The maximum Gasteiger partial charge on any atom is 0.263 e. The number of anilines is 1. The zero-order valence-electron chi connectivity index (χ0n) is 18.2. The zero-order chi connectivity index (χ0) is 23.1. The van der Waals surface area contributed by atoms with Gasteiger partial charge in [0.1, 0.15) is 5.69 Å². The highest BCUT2D eigenvalue weighted by atomic mass is 32.2. The van der Waals surface area contributed by atoms with Crippen molar-refractivity contribution in [2.24, 2.45) is 0 Å². The van der Waals surface area contributed by atoms with Gasteiger partial charge in [-0.3, -0.25) is 9.82 Å². The number of H-pyrrole nitrogens is 1. The Bertz CT molecular complexity index is 1570.